The van der Waals surface area contributed by atoms with Crippen LogP contribution in [-0.2, 0) is 16.0 Å². The second-order valence-corrected chi connectivity index (χ2v) is 5.85. The van der Waals surface area contributed by atoms with Crippen molar-refractivity contribution in [3.8, 4) is 0 Å². The molecule has 0 unspecified atom stereocenters. The van der Waals surface area contributed by atoms with Gasteiger partial charge in [0.25, 0.3) is 0 Å². The van der Waals surface area contributed by atoms with Crippen LogP contribution in [0.2, 0.25) is 0 Å². The van der Waals surface area contributed by atoms with Gasteiger partial charge in [-0.15, -0.1) is 0 Å². The topological polar surface area (TPSA) is 86.7 Å². The van der Waals surface area contributed by atoms with Crippen molar-refractivity contribution in [2.24, 2.45) is 0 Å². The fourth-order valence-electron chi connectivity index (χ4n) is 2.97. The molecule has 6 nitrogen and oxygen atoms in total. The number of carboxylic acids is 1. The predicted molar refractivity (Wildman–Crippen MR) is 93.8 cm³/mol. The van der Waals surface area contributed by atoms with Gasteiger partial charge in [0.15, 0.2) is 0 Å². The summed E-state index contributed by atoms with van der Waals surface area (Å²) in [6.07, 6.45) is 1.26. The number of para-hydroxylation sites is 2. The highest BCUT2D eigenvalue weighted by molar-refractivity contribution is 6.03. The largest absolute Gasteiger partial charge is 0.478 e. The molecule has 0 saturated carbocycles. The number of rotatable bonds is 5. The maximum atomic E-state index is 12.4. The molecule has 1 aliphatic rings. The highest BCUT2D eigenvalue weighted by Gasteiger charge is 2.24. The van der Waals surface area contributed by atoms with E-state index in [9.17, 15) is 19.5 Å². The van der Waals surface area contributed by atoms with Gasteiger partial charge in [-0.3, -0.25) is 9.59 Å². The second kappa shape index (κ2) is 7.17. The minimum absolute atomic E-state index is 0.0397. The smallest absolute Gasteiger partial charge is 0.335 e. The van der Waals surface area contributed by atoms with E-state index in [0.717, 1.165) is 6.42 Å². The first kappa shape index (κ1) is 16.7. The van der Waals surface area contributed by atoms with Gasteiger partial charge in [0.2, 0.25) is 11.8 Å². The molecule has 0 radical (unpaired) electrons. The molecule has 1 fully saturated rings. The van der Waals surface area contributed by atoms with E-state index in [2.05, 4.69) is 5.32 Å². The molecule has 1 heterocycles. The summed E-state index contributed by atoms with van der Waals surface area (Å²) in [7, 11) is 0. The first-order valence-corrected chi connectivity index (χ1v) is 8.06. The summed E-state index contributed by atoms with van der Waals surface area (Å²) in [4.78, 5) is 37.3. The Morgan fingerprint density at radius 2 is 1.80 bits per heavy atom. The lowest BCUT2D eigenvalue weighted by Gasteiger charge is -2.20. The van der Waals surface area contributed by atoms with E-state index in [-0.39, 0.29) is 23.8 Å². The third-order valence-corrected chi connectivity index (χ3v) is 4.14. The molecule has 2 amide bonds. The van der Waals surface area contributed by atoms with E-state index in [4.69, 9.17) is 0 Å². The Bertz CT molecular complexity index is 832. The van der Waals surface area contributed by atoms with Crippen LogP contribution in [0.1, 0.15) is 28.8 Å². The summed E-state index contributed by atoms with van der Waals surface area (Å²) in [5.74, 6) is -1.35. The summed E-state index contributed by atoms with van der Waals surface area (Å²) >= 11 is 0. The number of nitrogens with one attached hydrogen (secondary N) is 1. The number of carbonyl (C=O) groups excluding carboxylic acids is 2. The van der Waals surface area contributed by atoms with Gasteiger partial charge in [0.1, 0.15) is 0 Å². The van der Waals surface area contributed by atoms with Crippen molar-refractivity contribution in [2.45, 2.75) is 19.3 Å². The van der Waals surface area contributed by atoms with Crippen LogP contribution in [0.5, 0.6) is 0 Å². The molecular weight excluding hydrogens is 320 g/mol. The number of carbonyl (C=O) groups is 3. The van der Waals surface area contributed by atoms with Crippen LogP contribution in [0.4, 0.5) is 11.4 Å². The van der Waals surface area contributed by atoms with Gasteiger partial charge in [0.05, 0.1) is 23.4 Å². The molecule has 1 aliphatic heterocycles. The van der Waals surface area contributed by atoms with Crippen molar-refractivity contribution < 1.29 is 19.5 Å². The van der Waals surface area contributed by atoms with Gasteiger partial charge in [0, 0.05) is 13.0 Å². The van der Waals surface area contributed by atoms with Gasteiger partial charge in [-0.25, -0.2) is 4.79 Å². The van der Waals surface area contributed by atoms with Crippen LogP contribution in [-0.4, -0.2) is 29.4 Å². The third-order valence-electron chi connectivity index (χ3n) is 4.14. The van der Waals surface area contributed by atoms with Gasteiger partial charge < -0.3 is 15.3 Å². The molecule has 0 aromatic heterocycles. The van der Waals surface area contributed by atoms with Crippen molar-refractivity contribution in [1.29, 1.82) is 0 Å². The lowest BCUT2D eigenvalue weighted by molar-refractivity contribution is -0.117. The van der Waals surface area contributed by atoms with E-state index < -0.39 is 5.97 Å². The zero-order valence-corrected chi connectivity index (χ0v) is 13.6. The Morgan fingerprint density at radius 1 is 1.08 bits per heavy atom. The molecule has 1 saturated heterocycles. The fraction of sp³-hybridized carbons (Fsp3) is 0.211. The molecule has 25 heavy (non-hydrogen) atoms. The lowest BCUT2D eigenvalue weighted by Crippen LogP contribution is -2.26. The van der Waals surface area contributed by atoms with Crippen LogP contribution in [0.25, 0.3) is 0 Å². The zero-order valence-electron chi connectivity index (χ0n) is 13.6. The number of hydrogen-bond donors (Lipinski definition) is 2. The third kappa shape index (κ3) is 3.68. The van der Waals surface area contributed by atoms with E-state index >= 15 is 0 Å². The average Bonchev–Trinajstić information content (AvgIpc) is 3.01. The Morgan fingerprint density at radius 3 is 2.52 bits per heavy atom. The Balaban J connectivity index is 1.78. The molecule has 2 aromatic carbocycles. The molecule has 0 atom stereocenters. The molecular formula is C19H18N2O4. The van der Waals surface area contributed by atoms with E-state index in [1.807, 2.05) is 6.07 Å². The number of amides is 2. The first-order chi connectivity index (χ1) is 12.1. The minimum Gasteiger partial charge on any atom is -0.478 e. The molecule has 2 N–H and O–H groups in total. The van der Waals surface area contributed by atoms with E-state index in [1.165, 1.54) is 6.07 Å². The SMILES string of the molecule is O=C(Cc1ccccc1C(=O)O)Nc1ccccc1N1CCCC1=O. The molecule has 0 spiro atoms. The van der Waals surface area contributed by atoms with Crippen LogP contribution in [0, 0.1) is 0 Å². The molecule has 2 aromatic rings. The van der Waals surface area contributed by atoms with Gasteiger partial charge in [-0.2, -0.15) is 0 Å². The molecule has 0 bridgehead atoms. The number of anilines is 2. The molecule has 128 valence electrons. The summed E-state index contributed by atoms with van der Waals surface area (Å²) in [5.41, 5.74) is 1.78. The maximum absolute atomic E-state index is 12.4. The normalized spacial score (nSPS) is 13.8. The monoisotopic (exact) mass is 338 g/mol. The average molecular weight is 338 g/mol. The van der Waals surface area contributed by atoms with Gasteiger partial charge in [-0.1, -0.05) is 30.3 Å². The second-order valence-electron chi connectivity index (χ2n) is 5.85. The summed E-state index contributed by atoms with van der Waals surface area (Å²) in [6, 6.07) is 13.6. The predicted octanol–water partition coefficient (Wildman–Crippen LogP) is 2.69. The van der Waals surface area contributed by atoms with Gasteiger partial charge >= 0.3 is 5.97 Å². The Kier molecular flexibility index (Phi) is 4.79. The standard InChI is InChI=1S/C19H18N2O4/c22-17(12-13-6-1-2-7-14(13)19(24)25)20-15-8-3-4-9-16(15)21-11-5-10-18(21)23/h1-4,6-9H,5,10-12H2,(H,20,22)(H,24,25). The minimum atomic E-state index is -1.06. The number of hydrogen-bond acceptors (Lipinski definition) is 3. The first-order valence-electron chi connectivity index (χ1n) is 8.06. The van der Waals surface area contributed by atoms with Crippen molar-refractivity contribution in [1.82, 2.24) is 0 Å². The van der Waals surface area contributed by atoms with Crippen molar-refractivity contribution in [3.05, 3.63) is 59.7 Å². The molecule has 6 heteroatoms. The van der Waals surface area contributed by atoms with Crippen molar-refractivity contribution in [2.75, 3.05) is 16.8 Å². The van der Waals surface area contributed by atoms with Crippen LogP contribution < -0.4 is 10.2 Å². The summed E-state index contributed by atoms with van der Waals surface area (Å²) in [5, 5.41) is 12.0. The van der Waals surface area contributed by atoms with Crippen molar-refractivity contribution in [3.63, 3.8) is 0 Å². The quantitative estimate of drug-likeness (QED) is 0.877. The van der Waals surface area contributed by atoms with E-state index in [1.54, 1.807) is 41.3 Å². The van der Waals surface area contributed by atoms with Crippen LogP contribution in [0.15, 0.2) is 48.5 Å². The van der Waals surface area contributed by atoms with Crippen LogP contribution in [0.3, 0.4) is 0 Å². The zero-order chi connectivity index (χ0) is 17.8. The number of nitrogens with zero attached hydrogens (tertiary/aromatic N) is 1. The number of aromatic carboxylic acids is 1. The highest BCUT2D eigenvalue weighted by atomic mass is 16.4. The van der Waals surface area contributed by atoms with Gasteiger partial charge in [-0.05, 0) is 30.2 Å². The highest BCUT2D eigenvalue weighted by Crippen LogP contribution is 2.29. The maximum Gasteiger partial charge on any atom is 0.335 e. The number of benzene rings is 2. The van der Waals surface area contributed by atoms with Crippen LogP contribution >= 0.6 is 0 Å². The lowest BCUT2D eigenvalue weighted by atomic mass is 10.0. The molecule has 0 aliphatic carbocycles. The Labute approximate surface area is 145 Å². The van der Waals surface area contributed by atoms with E-state index in [0.29, 0.717) is 29.9 Å². The van der Waals surface area contributed by atoms with Crippen molar-refractivity contribution >= 4 is 29.2 Å². The fourth-order valence-corrected chi connectivity index (χ4v) is 2.97. The summed E-state index contributed by atoms with van der Waals surface area (Å²) < 4.78 is 0. The summed E-state index contributed by atoms with van der Waals surface area (Å²) in [6.45, 7) is 0.633. The number of carboxylic acid groups (broad SMARTS) is 1. The Hall–Kier alpha value is -3.15. The molecule has 3 rings (SSSR count).